The van der Waals surface area contributed by atoms with Crippen molar-refractivity contribution in [2.24, 2.45) is 0 Å². The van der Waals surface area contributed by atoms with Gasteiger partial charge in [-0.15, -0.1) is 10.2 Å². The van der Waals surface area contributed by atoms with Gasteiger partial charge in [-0.1, -0.05) is 0 Å². The minimum Gasteiger partial charge on any atom is -0.438 e. The second-order valence-electron chi connectivity index (χ2n) is 5.60. The fourth-order valence-electron chi connectivity index (χ4n) is 2.23. The topological polar surface area (TPSA) is 98.2 Å². The van der Waals surface area contributed by atoms with Crippen molar-refractivity contribution in [3.63, 3.8) is 0 Å². The third-order valence-electron chi connectivity index (χ3n) is 3.54. The molecule has 0 aliphatic heterocycles. The Morgan fingerprint density at radius 3 is 2.44 bits per heavy atom. The molecular formula is C15H11F2N3O4S. The summed E-state index contributed by atoms with van der Waals surface area (Å²) in [5, 5.41) is 7.27. The van der Waals surface area contributed by atoms with Crippen LogP contribution in [0.4, 0.5) is 14.5 Å². The van der Waals surface area contributed by atoms with Gasteiger partial charge in [0.05, 0.1) is 5.69 Å². The monoisotopic (exact) mass is 367 g/mol. The van der Waals surface area contributed by atoms with Gasteiger partial charge in [-0.3, -0.25) is 4.72 Å². The fraction of sp³-hybridized carbons (Fsp3) is 0.200. The van der Waals surface area contributed by atoms with E-state index in [-0.39, 0.29) is 23.3 Å². The Bertz CT molecular complexity index is 1020. The Labute approximate surface area is 140 Å². The van der Waals surface area contributed by atoms with Crippen molar-refractivity contribution < 1.29 is 26.0 Å². The Morgan fingerprint density at radius 2 is 1.76 bits per heavy atom. The van der Waals surface area contributed by atoms with Gasteiger partial charge < -0.3 is 8.83 Å². The zero-order valence-electron chi connectivity index (χ0n) is 12.6. The van der Waals surface area contributed by atoms with Gasteiger partial charge in [0.2, 0.25) is 11.0 Å². The summed E-state index contributed by atoms with van der Waals surface area (Å²) in [5.41, 5.74) is -0.260. The third kappa shape index (κ3) is 3.25. The predicted molar refractivity (Wildman–Crippen MR) is 81.1 cm³/mol. The molecule has 1 aliphatic rings. The molecular weight excluding hydrogens is 356 g/mol. The molecule has 4 rings (SSSR count). The minimum absolute atomic E-state index is 0.0696. The lowest BCUT2D eigenvalue weighted by molar-refractivity contribution is 0.435. The largest absolute Gasteiger partial charge is 0.438 e. The Morgan fingerprint density at radius 1 is 1.04 bits per heavy atom. The number of benzene rings is 1. The van der Waals surface area contributed by atoms with Crippen molar-refractivity contribution in [3.8, 4) is 11.7 Å². The Hall–Kier alpha value is -2.75. The van der Waals surface area contributed by atoms with E-state index in [0.717, 1.165) is 25.0 Å². The predicted octanol–water partition coefficient (Wildman–Crippen LogP) is 3.29. The van der Waals surface area contributed by atoms with Gasteiger partial charge in [-0.05, 0) is 37.1 Å². The van der Waals surface area contributed by atoms with Gasteiger partial charge in [-0.25, -0.2) is 8.78 Å². The smallest absolute Gasteiger partial charge is 0.295 e. The van der Waals surface area contributed by atoms with Crippen LogP contribution in [0, 0.1) is 11.6 Å². The number of halogens is 2. The average molecular weight is 367 g/mol. The number of anilines is 1. The number of rotatable bonds is 5. The molecule has 0 radical (unpaired) electrons. The molecule has 130 valence electrons. The zero-order valence-corrected chi connectivity index (χ0v) is 13.4. The molecule has 0 amide bonds. The van der Waals surface area contributed by atoms with E-state index < -0.39 is 26.8 Å². The van der Waals surface area contributed by atoms with E-state index in [1.165, 1.54) is 12.1 Å². The van der Waals surface area contributed by atoms with Crippen LogP contribution in [0.5, 0.6) is 0 Å². The zero-order chi connectivity index (χ0) is 17.6. The minimum atomic E-state index is -4.17. The Kier molecular flexibility index (Phi) is 3.57. The molecule has 1 N–H and O–H groups in total. The quantitative estimate of drug-likeness (QED) is 0.743. The van der Waals surface area contributed by atoms with E-state index in [2.05, 4.69) is 10.2 Å². The van der Waals surface area contributed by atoms with Gasteiger partial charge in [0.15, 0.2) is 5.76 Å². The van der Waals surface area contributed by atoms with Crippen LogP contribution in [0.2, 0.25) is 0 Å². The van der Waals surface area contributed by atoms with E-state index in [9.17, 15) is 17.2 Å². The van der Waals surface area contributed by atoms with E-state index in [1.54, 1.807) is 0 Å². The van der Waals surface area contributed by atoms with Crippen LogP contribution in [0.15, 0.2) is 44.3 Å². The molecule has 25 heavy (non-hydrogen) atoms. The molecule has 1 fully saturated rings. The molecule has 0 unspecified atom stereocenters. The molecule has 2 aromatic heterocycles. The average Bonchev–Trinajstić information content (AvgIpc) is 3.06. The van der Waals surface area contributed by atoms with Gasteiger partial charge in [0.1, 0.15) is 11.6 Å². The summed E-state index contributed by atoms with van der Waals surface area (Å²) in [4.78, 5) is 0. The standard InChI is InChI=1S/C15H11F2N3O4S/c16-9-5-10(17)7-11(6-9)20-25(21,22)13-4-3-12(23-13)15-19-18-14(24-15)8-1-2-8/h3-8,20H,1-2H2. The van der Waals surface area contributed by atoms with Crippen LogP contribution in [0.3, 0.4) is 0 Å². The molecule has 1 saturated carbocycles. The van der Waals surface area contributed by atoms with Crippen molar-refractivity contribution in [2.75, 3.05) is 4.72 Å². The number of aromatic nitrogens is 2. The highest BCUT2D eigenvalue weighted by Gasteiger charge is 2.30. The third-order valence-corrected chi connectivity index (χ3v) is 4.79. The maximum atomic E-state index is 13.2. The number of hydrogen-bond acceptors (Lipinski definition) is 6. The Balaban J connectivity index is 1.59. The molecule has 1 aromatic carbocycles. The first-order valence-corrected chi connectivity index (χ1v) is 8.81. The summed E-state index contributed by atoms with van der Waals surface area (Å²) in [6, 6.07) is 4.89. The van der Waals surface area contributed by atoms with Crippen molar-refractivity contribution in [1.82, 2.24) is 10.2 Å². The van der Waals surface area contributed by atoms with Gasteiger partial charge >= 0.3 is 0 Å². The van der Waals surface area contributed by atoms with Crippen molar-refractivity contribution >= 4 is 15.7 Å². The van der Waals surface area contributed by atoms with E-state index >= 15 is 0 Å². The van der Waals surface area contributed by atoms with Crippen LogP contribution < -0.4 is 4.72 Å². The van der Waals surface area contributed by atoms with Crippen LogP contribution >= 0.6 is 0 Å². The molecule has 0 saturated heterocycles. The lowest BCUT2D eigenvalue weighted by Crippen LogP contribution is -2.12. The van der Waals surface area contributed by atoms with E-state index in [4.69, 9.17) is 8.83 Å². The lowest BCUT2D eigenvalue weighted by Gasteiger charge is -2.05. The molecule has 7 nitrogen and oxygen atoms in total. The number of furan rings is 1. The highest BCUT2D eigenvalue weighted by Crippen LogP contribution is 2.40. The summed E-state index contributed by atoms with van der Waals surface area (Å²) >= 11 is 0. The van der Waals surface area contributed by atoms with Crippen molar-refractivity contribution in [1.29, 1.82) is 0 Å². The molecule has 3 aromatic rings. The molecule has 2 heterocycles. The molecule has 0 bridgehead atoms. The second-order valence-corrected chi connectivity index (χ2v) is 7.22. The summed E-state index contributed by atoms with van der Waals surface area (Å²) < 4.78 is 63.6. The van der Waals surface area contributed by atoms with Crippen LogP contribution in [0.1, 0.15) is 24.7 Å². The lowest BCUT2D eigenvalue weighted by atomic mass is 10.3. The maximum Gasteiger partial charge on any atom is 0.295 e. The van der Waals surface area contributed by atoms with Gasteiger partial charge in [0, 0.05) is 12.0 Å². The maximum absolute atomic E-state index is 13.2. The van der Waals surface area contributed by atoms with E-state index in [0.29, 0.717) is 12.0 Å². The van der Waals surface area contributed by atoms with E-state index in [1.807, 2.05) is 4.72 Å². The van der Waals surface area contributed by atoms with Crippen LogP contribution in [-0.4, -0.2) is 18.6 Å². The van der Waals surface area contributed by atoms with Gasteiger partial charge in [0.25, 0.3) is 15.9 Å². The summed E-state index contributed by atoms with van der Waals surface area (Å²) in [6.07, 6.45) is 1.96. The highest BCUT2D eigenvalue weighted by molar-refractivity contribution is 7.92. The van der Waals surface area contributed by atoms with Crippen molar-refractivity contribution in [3.05, 3.63) is 47.9 Å². The number of hydrogen-bond donors (Lipinski definition) is 1. The highest BCUT2D eigenvalue weighted by atomic mass is 32.2. The molecule has 0 spiro atoms. The first-order chi connectivity index (χ1) is 11.9. The first-order valence-electron chi connectivity index (χ1n) is 7.33. The van der Waals surface area contributed by atoms with Crippen LogP contribution in [0.25, 0.3) is 11.7 Å². The van der Waals surface area contributed by atoms with Crippen molar-refractivity contribution in [2.45, 2.75) is 23.9 Å². The summed E-state index contributed by atoms with van der Waals surface area (Å²) in [5.74, 6) is -0.911. The molecule has 10 heteroatoms. The first kappa shape index (κ1) is 15.8. The van der Waals surface area contributed by atoms with Crippen LogP contribution in [-0.2, 0) is 10.0 Å². The summed E-state index contributed by atoms with van der Waals surface area (Å²) in [6.45, 7) is 0. The number of nitrogens with one attached hydrogen (secondary N) is 1. The normalized spacial score (nSPS) is 14.6. The molecule has 1 aliphatic carbocycles. The fourth-order valence-corrected chi connectivity index (χ4v) is 3.20. The SMILES string of the molecule is O=S(=O)(Nc1cc(F)cc(F)c1)c1ccc(-c2nnc(C3CC3)o2)o1. The molecule has 0 atom stereocenters. The van der Waals surface area contributed by atoms with Gasteiger partial charge in [-0.2, -0.15) is 8.42 Å². The summed E-state index contributed by atoms with van der Waals surface area (Å²) in [7, 11) is -4.17. The second kappa shape index (κ2) is 5.66. The number of sulfonamides is 1. The number of nitrogens with zero attached hydrogens (tertiary/aromatic N) is 2.